The maximum absolute atomic E-state index is 12.8. The van der Waals surface area contributed by atoms with E-state index >= 15 is 0 Å². The van der Waals surface area contributed by atoms with E-state index in [1.54, 1.807) is 11.3 Å². The monoisotopic (exact) mass is 481 g/mol. The number of halogens is 1. The lowest BCUT2D eigenvalue weighted by molar-refractivity contribution is 0.0747. The average molecular weight is 482 g/mol. The number of anilines is 1. The van der Waals surface area contributed by atoms with Gasteiger partial charge in [0.05, 0.1) is 16.1 Å². The zero-order chi connectivity index (χ0) is 20.7. The second kappa shape index (κ2) is 7.85. The fraction of sp³-hybridized carbons (Fsp3) is 0.227. The summed E-state index contributed by atoms with van der Waals surface area (Å²) in [4.78, 5) is 21.9. The number of benzene rings is 2. The fourth-order valence-corrected chi connectivity index (χ4v) is 4.99. The van der Waals surface area contributed by atoms with Crippen molar-refractivity contribution in [1.82, 2.24) is 19.7 Å². The van der Waals surface area contributed by atoms with Crippen LogP contribution in [-0.4, -0.2) is 51.8 Å². The standard InChI is InChI=1S/C22H20BrN5OS/c1-15-19-20(28(25-15)18-5-3-2-4-6-18)24-22(30-19)27-13-11-26(12-14-27)21(29)16-7-9-17(23)10-8-16/h2-10H,11-14H2,1H3. The molecule has 0 aliphatic carbocycles. The third-order valence-electron chi connectivity index (χ3n) is 5.31. The molecule has 0 spiro atoms. The number of nitrogens with zero attached hydrogens (tertiary/aromatic N) is 5. The van der Waals surface area contributed by atoms with Crippen molar-refractivity contribution in [2.24, 2.45) is 0 Å². The van der Waals surface area contributed by atoms with Crippen molar-refractivity contribution in [1.29, 1.82) is 0 Å². The Labute approximate surface area is 186 Å². The highest BCUT2D eigenvalue weighted by Gasteiger charge is 2.25. The summed E-state index contributed by atoms with van der Waals surface area (Å²) in [6.07, 6.45) is 0. The minimum Gasteiger partial charge on any atom is -0.344 e. The third-order valence-corrected chi connectivity index (χ3v) is 7.05. The van der Waals surface area contributed by atoms with Crippen LogP contribution < -0.4 is 4.90 Å². The molecule has 152 valence electrons. The lowest BCUT2D eigenvalue weighted by Gasteiger charge is -2.34. The maximum atomic E-state index is 12.8. The van der Waals surface area contributed by atoms with Crippen LogP contribution in [0.4, 0.5) is 5.13 Å². The molecule has 1 saturated heterocycles. The summed E-state index contributed by atoms with van der Waals surface area (Å²) in [6, 6.07) is 17.6. The Morgan fingerprint density at radius 1 is 1.00 bits per heavy atom. The number of hydrogen-bond acceptors (Lipinski definition) is 5. The summed E-state index contributed by atoms with van der Waals surface area (Å²) in [5, 5.41) is 5.66. The number of hydrogen-bond donors (Lipinski definition) is 0. The molecule has 2 aromatic carbocycles. The number of amides is 1. The molecule has 4 aromatic rings. The van der Waals surface area contributed by atoms with Gasteiger partial charge in [-0.1, -0.05) is 45.5 Å². The molecule has 1 fully saturated rings. The Hall–Kier alpha value is -2.71. The van der Waals surface area contributed by atoms with Gasteiger partial charge in [-0.3, -0.25) is 4.79 Å². The molecule has 2 aromatic heterocycles. The summed E-state index contributed by atoms with van der Waals surface area (Å²) in [6.45, 7) is 4.95. The van der Waals surface area contributed by atoms with Crippen LogP contribution in [0.2, 0.25) is 0 Å². The molecule has 0 N–H and O–H groups in total. The van der Waals surface area contributed by atoms with E-state index < -0.39 is 0 Å². The van der Waals surface area contributed by atoms with Crippen LogP contribution >= 0.6 is 27.3 Å². The van der Waals surface area contributed by atoms with Gasteiger partial charge in [0.2, 0.25) is 0 Å². The first-order valence-electron chi connectivity index (χ1n) is 9.81. The summed E-state index contributed by atoms with van der Waals surface area (Å²) in [5.74, 6) is 0.0852. The Balaban J connectivity index is 1.34. The van der Waals surface area contributed by atoms with Crippen molar-refractivity contribution in [2.75, 3.05) is 31.1 Å². The average Bonchev–Trinajstić information content (AvgIpc) is 3.35. The van der Waals surface area contributed by atoms with Gasteiger partial charge in [-0.15, -0.1) is 0 Å². The first-order valence-corrected chi connectivity index (χ1v) is 11.4. The van der Waals surface area contributed by atoms with E-state index in [1.165, 1.54) is 0 Å². The fourth-order valence-electron chi connectivity index (χ4n) is 3.68. The lowest BCUT2D eigenvalue weighted by Crippen LogP contribution is -2.48. The van der Waals surface area contributed by atoms with Gasteiger partial charge in [0.25, 0.3) is 5.91 Å². The molecule has 0 atom stereocenters. The SMILES string of the molecule is Cc1nn(-c2ccccc2)c2nc(N3CCN(C(=O)c4ccc(Br)cc4)CC3)sc12. The highest BCUT2D eigenvalue weighted by atomic mass is 79.9. The number of carbonyl (C=O) groups is 1. The smallest absolute Gasteiger partial charge is 0.253 e. The quantitative estimate of drug-likeness (QED) is 0.431. The van der Waals surface area contributed by atoms with E-state index in [1.807, 2.05) is 71.1 Å². The van der Waals surface area contributed by atoms with Crippen molar-refractivity contribution in [3.8, 4) is 5.69 Å². The van der Waals surface area contributed by atoms with Gasteiger partial charge in [-0.25, -0.2) is 4.68 Å². The molecule has 1 aliphatic rings. The van der Waals surface area contributed by atoms with Gasteiger partial charge >= 0.3 is 0 Å². The number of aromatic nitrogens is 3. The second-order valence-electron chi connectivity index (χ2n) is 7.27. The van der Waals surface area contributed by atoms with Gasteiger partial charge < -0.3 is 9.80 Å². The Bertz CT molecular complexity index is 1190. The molecule has 0 bridgehead atoms. The third kappa shape index (κ3) is 3.50. The van der Waals surface area contributed by atoms with E-state index in [9.17, 15) is 4.79 Å². The minimum atomic E-state index is 0.0852. The van der Waals surface area contributed by atoms with Crippen LogP contribution in [0.15, 0.2) is 59.1 Å². The number of thiazole rings is 1. The van der Waals surface area contributed by atoms with E-state index in [0.29, 0.717) is 13.1 Å². The predicted molar refractivity (Wildman–Crippen MR) is 124 cm³/mol. The van der Waals surface area contributed by atoms with Gasteiger partial charge in [0.1, 0.15) is 0 Å². The highest BCUT2D eigenvalue weighted by molar-refractivity contribution is 9.10. The topological polar surface area (TPSA) is 54.3 Å². The Kier molecular flexibility index (Phi) is 5.04. The Morgan fingerprint density at radius 3 is 2.40 bits per heavy atom. The zero-order valence-electron chi connectivity index (χ0n) is 16.5. The van der Waals surface area contributed by atoms with Gasteiger partial charge in [-0.2, -0.15) is 10.1 Å². The maximum Gasteiger partial charge on any atom is 0.253 e. The molecule has 3 heterocycles. The Morgan fingerprint density at radius 2 is 1.70 bits per heavy atom. The van der Waals surface area contributed by atoms with Gasteiger partial charge in [-0.05, 0) is 43.3 Å². The molecule has 1 amide bonds. The number of piperazine rings is 1. The van der Waals surface area contributed by atoms with Crippen LogP contribution in [0.25, 0.3) is 16.0 Å². The van der Waals surface area contributed by atoms with Gasteiger partial charge in [0, 0.05) is 36.2 Å². The largest absolute Gasteiger partial charge is 0.344 e. The molecule has 0 radical (unpaired) electrons. The molecule has 1 aliphatic heterocycles. The number of carbonyl (C=O) groups excluding carboxylic acids is 1. The van der Waals surface area contributed by atoms with Crippen molar-refractivity contribution < 1.29 is 4.79 Å². The van der Waals surface area contributed by atoms with Crippen molar-refractivity contribution >= 4 is 48.7 Å². The number of para-hydroxylation sites is 1. The molecule has 8 heteroatoms. The summed E-state index contributed by atoms with van der Waals surface area (Å²) in [7, 11) is 0. The zero-order valence-corrected chi connectivity index (χ0v) is 18.9. The number of aryl methyl sites for hydroxylation is 1. The van der Waals surface area contributed by atoms with Crippen LogP contribution in [0.3, 0.4) is 0 Å². The molecule has 30 heavy (non-hydrogen) atoms. The van der Waals surface area contributed by atoms with E-state index in [2.05, 4.69) is 25.9 Å². The summed E-state index contributed by atoms with van der Waals surface area (Å²) < 4.78 is 4.00. The molecular weight excluding hydrogens is 462 g/mol. The van der Waals surface area contributed by atoms with Gasteiger partial charge in [0.15, 0.2) is 10.8 Å². The van der Waals surface area contributed by atoms with E-state index in [4.69, 9.17) is 4.98 Å². The van der Waals surface area contributed by atoms with E-state index in [0.717, 1.165) is 50.0 Å². The number of rotatable bonds is 3. The van der Waals surface area contributed by atoms with Crippen molar-refractivity contribution in [3.05, 3.63) is 70.3 Å². The van der Waals surface area contributed by atoms with E-state index in [-0.39, 0.29) is 5.91 Å². The number of fused-ring (bicyclic) bond motifs is 1. The predicted octanol–water partition coefficient (Wildman–Crippen LogP) is 4.52. The lowest BCUT2D eigenvalue weighted by atomic mass is 10.2. The molecular formula is C22H20BrN5OS. The van der Waals surface area contributed by atoms with Crippen LogP contribution in [0, 0.1) is 6.92 Å². The first-order chi connectivity index (χ1) is 14.6. The van der Waals surface area contributed by atoms with Crippen LogP contribution in [0.1, 0.15) is 16.1 Å². The molecule has 0 saturated carbocycles. The molecule has 6 nitrogen and oxygen atoms in total. The van der Waals surface area contributed by atoms with Crippen LogP contribution in [0.5, 0.6) is 0 Å². The second-order valence-corrected chi connectivity index (χ2v) is 9.16. The highest BCUT2D eigenvalue weighted by Crippen LogP contribution is 2.33. The normalized spacial score (nSPS) is 14.5. The van der Waals surface area contributed by atoms with Crippen molar-refractivity contribution in [3.63, 3.8) is 0 Å². The molecule has 0 unspecified atom stereocenters. The van der Waals surface area contributed by atoms with Crippen molar-refractivity contribution in [2.45, 2.75) is 6.92 Å². The summed E-state index contributed by atoms with van der Waals surface area (Å²) in [5.41, 5.74) is 3.62. The summed E-state index contributed by atoms with van der Waals surface area (Å²) >= 11 is 5.09. The minimum absolute atomic E-state index is 0.0852. The molecule has 5 rings (SSSR count). The van der Waals surface area contributed by atoms with Crippen LogP contribution in [-0.2, 0) is 0 Å². The first kappa shape index (κ1) is 19.3.